The standard InChI is InChI=1S/C14H14F3NO3/c1-7(18-12(19)10-6-11(10)13(20)21)8-2-4-9(5-3-8)14(15,16)17/h2-5,7,10-11H,6H2,1H3,(H,18,19)(H,20,21)/t7-,10+,11-/m0/s1. The molecule has 3 atom stereocenters. The van der Waals surface area contributed by atoms with E-state index in [2.05, 4.69) is 5.32 Å². The maximum absolute atomic E-state index is 12.4. The number of carbonyl (C=O) groups is 2. The number of hydrogen-bond donors (Lipinski definition) is 2. The Bertz CT molecular complexity index is 554. The lowest BCUT2D eigenvalue weighted by molar-refractivity contribution is -0.140. The van der Waals surface area contributed by atoms with Gasteiger partial charge in [-0.3, -0.25) is 9.59 Å². The molecule has 0 saturated heterocycles. The normalized spacial score (nSPS) is 22.5. The van der Waals surface area contributed by atoms with Crippen LogP contribution in [0.5, 0.6) is 0 Å². The van der Waals surface area contributed by atoms with Crippen LogP contribution in [0.3, 0.4) is 0 Å². The summed E-state index contributed by atoms with van der Waals surface area (Å²) in [5.74, 6) is -2.57. The van der Waals surface area contributed by atoms with E-state index in [0.29, 0.717) is 12.0 Å². The lowest BCUT2D eigenvalue weighted by atomic mass is 10.1. The number of amides is 1. The van der Waals surface area contributed by atoms with Crippen molar-refractivity contribution < 1.29 is 27.9 Å². The van der Waals surface area contributed by atoms with Gasteiger partial charge >= 0.3 is 12.1 Å². The Morgan fingerprint density at radius 2 is 1.81 bits per heavy atom. The zero-order valence-corrected chi connectivity index (χ0v) is 11.1. The van der Waals surface area contributed by atoms with Gasteiger partial charge in [0.2, 0.25) is 5.91 Å². The first-order valence-electron chi connectivity index (χ1n) is 6.40. The second-order valence-electron chi connectivity index (χ2n) is 5.14. The van der Waals surface area contributed by atoms with Crippen LogP contribution in [-0.4, -0.2) is 17.0 Å². The van der Waals surface area contributed by atoms with Gasteiger partial charge in [0.1, 0.15) is 0 Å². The molecule has 1 aliphatic rings. The fourth-order valence-electron chi connectivity index (χ4n) is 2.12. The van der Waals surface area contributed by atoms with Gasteiger partial charge in [0.15, 0.2) is 0 Å². The van der Waals surface area contributed by atoms with Gasteiger partial charge in [-0.05, 0) is 31.0 Å². The molecule has 1 aromatic carbocycles. The topological polar surface area (TPSA) is 66.4 Å². The minimum atomic E-state index is -4.40. The second kappa shape index (κ2) is 5.38. The van der Waals surface area contributed by atoms with Crippen LogP contribution in [0.25, 0.3) is 0 Å². The van der Waals surface area contributed by atoms with Crippen LogP contribution in [0.1, 0.15) is 30.5 Å². The van der Waals surface area contributed by atoms with Gasteiger partial charge in [-0.25, -0.2) is 0 Å². The highest BCUT2D eigenvalue weighted by atomic mass is 19.4. The Hall–Kier alpha value is -2.05. The molecular formula is C14H14F3NO3. The lowest BCUT2D eigenvalue weighted by Gasteiger charge is -2.15. The van der Waals surface area contributed by atoms with Crippen LogP contribution in [0, 0.1) is 11.8 Å². The first-order valence-corrected chi connectivity index (χ1v) is 6.40. The average Bonchev–Trinajstić information content (AvgIpc) is 3.18. The van der Waals surface area contributed by atoms with Crippen molar-refractivity contribution in [2.24, 2.45) is 11.8 Å². The maximum atomic E-state index is 12.4. The Balaban J connectivity index is 1.96. The van der Waals surface area contributed by atoms with Gasteiger partial charge < -0.3 is 10.4 Å². The van der Waals surface area contributed by atoms with Crippen molar-refractivity contribution in [1.82, 2.24) is 5.32 Å². The van der Waals surface area contributed by atoms with Crippen LogP contribution < -0.4 is 5.32 Å². The predicted octanol–water partition coefficient (Wildman–Crippen LogP) is 2.60. The van der Waals surface area contributed by atoms with Crippen molar-refractivity contribution in [1.29, 1.82) is 0 Å². The number of hydrogen-bond acceptors (Lipinski definition) is 2. The first-order chi connectivity index (χ1) is 9.70. The number of alkyl halides is 3. The maximum Gasteiger partial charge on any atom is 0.416 e. The molecule has 1 aromatic rings. The summed E-state index contributed by atoms with van der Waals surface area (Å²) in [6.07, 6.45) is -4.09. The van der Waals surface area contributed by atoms with Crippen LogP contribution in [0.15, 0.2) is 24.3 Å². The fraction of sp³-hybridized carbons (Fsp3) is 0.429. The van der Waals surface area contributed by atoms with Gasteiger partial charge in [0.25, 0.3) is 0 Å². The molecule has 0 unspecified atom stereocenters. The third-order valence-electron chi connectivity index (χ3n) is 3.54. The molecule has 4 nitrogen and oxygen atoms in total. The van der Waals surface area contributed by atoms with Crippen LogP contribution in [0.2, 0.25) is 0 Å². The Morgan fingerprint density at radius 1 is 1.24 bits per heavy atom. The minimum Gasteiger partial charge on any atom is -0.481 e. The Morgan fingerprint density at radius 3 is 2.24 bits per heavy atom. The highest BCUT2D eigenvalue weighted by Gasteiger charge is 2.48. The number of aliphatic carboxylic acids is 1. The summed E-state index contributed by atoms with van der Waals surface area (Å²) in [7, 11) is 0. The summed E-state index contributed by atoms with van der Waals surface area (Å²) >= 11 is 0. The molecule has 21 heavy (non-hydrogen) atoms. The molecule has 0 heterocycles. The molecule has 1 saturated carbocycles. The highest BCUT2D eigenvalue weighted by molar-refractivity contribution is 5.89. The summed E-state index contributed by atoms with van der Waals surface area (Å²) in [4.78, 5) is 22.5. The zero-order chi connectivity index (χ0) is 15.8. The molecule has 1 fully saturated rings. The minimum absolute atomic E-state index is 0.306. The Labute approximate surface area is 119 Å². The molecule has 1 amide bonds. The third-order valence-corrected chi connectivity index (χ3v) is 3.54. The van der Waals surface area contributed by atoms with Gasteiger partial charge in [-0.1, -0.05) is 12.1 Å². The largest absolute Gasteiger partial charge is 0.481 e. The molecule has 2 N–H and O–H groups in total. The summed E-state index contributed by atoms with van der Waals surface area (Å²) < 4.78 is 37.3. The van der Waals surface area contributed by atoms with Gasteiger partial charge in [0.05, 0.1) is 23.4 Å². The molecule has 0 bridgehead atoms. The summed E-state index contributed by atoms with van der Waals surface area (Å²) in [5, 5.41) is 11.4. The molecule has 0 aromatic heterocycles. The number of halogens is 3. The highest BCUT2D eigenvalue weighted by Crippen LogP contribution is 2.39. The second-order valence-corrected chi connectivity index (χ2v) is 5.14. The van der Waals surface area contributed by atoms with E-state index in [0.717, 1.165) is 12.1 Å². The van der Waals surface area contributed by atoms with E-state index < -0.39 is 35.6 Å². The van der Waals surface area contributed by atoms with Gasteiger partial charge in [0, 0.05) is 0 Å². The first kappa shape index (κ1) is 15.3. The summed E-state index contributed by atoms with van der Waals surface area (Å²) in [6.45, 7) is 1.64. The fourth-order valence-corrected chi connectivity index (χ4v) is 2.12. The third kappa shape index (κ3) is 3.53. The van der Waals surface area contributed by atoms with Gasteiger partial charge in [-0.15, -0.1) is 0 Å². The lowest BCUT2D eigenvalue weighted by Crippen LogP contribution is -2.29. The molecular weight excluding hydrogens is 287 g/mol. The van der Waals surface area contributed by atoms with E-state index in [4.69, 9.17) is 5.11 Å². The van der Waals surface area contributed by atoms with E-state index in [-0.39, 0.29) is 5.91 Å². The number of carboxylic acid groups (broad SMARTS) is 1. The summed E-state index contributed by atoms with van der Waals surface area (Å²) in [5.41, 5.74) is -0.221. The number of carbonyl (C=O) groups excluding carboxylic acids is 1. The number of rotatable bonds is 4. The quantitative estimate of drug-likeness (QED) is 0.898. The molecule has 114 valence electrons. The monoisotopic (exact) mass is 301 g/mol. The van der Waals surface area contributed by atoms with E-state index in [1.165, 1.54) is 12.1 Å². The van der Waals surface area contributed by atoms with Crippen molar-refractivity contribution >= 4 is 11.9 Å². The van der Waals surface area contributed by atoms with E-state index in [1.807, 2.05) is 0 Å². The van der Waals surface area contributed by atoms with E-state index in [1.54, 1.807) is 6.92 Å². The number of carboxylic acids is 1. The van der Waals surface area contributed by atoms with Crippen molar-refractivity contribution in [3.8, 4) is 0 Å². The predicted molar refractivity (Wildman–Crippen MR) is 67.2 cm³/mol. The zero-order valence-electron chi connectivity index (χ0n) is 11.1. The molecule has 0 aliphatic heterocycles. The molecule has 0 radical (unpaired) electrons. The van der Waals surface area contributed by atoms with Crippen LogP contribution in [0.4, 0.5) is 13.2 Å². The van der Waals surface area contributed by atoms with Crippen molar-refractivity contribution in [3.63, 3.8) is 0 Å². The molecule has 1 aliphatic carbocycles. The SMILES string of the molecule is C[C@H](NC(=O)[C@@H]1C[C@@H]1C(=O)O)c1ccc(C(F)(F)F)cc1. The van der Waals surface area contributed by atoms with Crippen molar-refractivity contribution in [3.05, 3.63) is 35.4 Å². The van der Waals surface area contributed by atoms with Gasteiger partial charge in [-0.2, -0.15) is 13.2 Å². The smallest absolute Gasteiger partial charge is 0.416 e. The molecule has 0 spiro atoms. The van der Waals surface area contributed by atoms with E-state index in [9.17, 15) is 22.8 Å². The number of benzene rings is 1. The molecule has 2 rings (SSSR count). The van der Waals surface area contributed by atoms with Crippen molar-refractivity contribution in [2.75, 3.05) is 0 Å². The Kier molecular flexibility index (Phi) is 3.93. The van der Waals surface area contributed by atoms with Crippen LogP contribution >= 0.6 is 0 Å². The summed E-state index contributed by atoms with van der Waals surface area (Å²) in [6, 6.07) is 4.03. The van der Waals surface area contributed by atoms with E-state index >= 15 is 0 Å². The molecule has 7 heteroatoms. The van der Waals surface area contributed by atoms with Crippen molar-refractivity contribution in [2.45, 2.75) is 25.6 Å². The van der Waals surface area contributed by atoms with Crippen LogP contribution in [-0.2, 0) is 15.8 Å². The average molecular weight is 301 g/mol. The number of nitrogens with one attached hydrogen (secondary N) is 1.